The van der Waals surface area contributed by atoms with Crippen molar-refractivity contribution < 1.29 is 14.6 Å². The Kier molecular flexibility index (Phi) is 5.53. The molecule has 1 saturated heterocycles. The number of ether oxygens (including phenoxy) is 1. The van der Waals surface area contributed by atoms with Gasteiger partial charge in [0.1, 0.15) is 11.3 Å². The summed E-state index contributed by atoms with van der Waals surface area (Å²) in [6.07, 6.45) is 4.36. The summed E-state index contributed by atoms with van der Waals surface area (Å²) in [5.74, 6) is 1.10. The number of nitrogens with zero attached hydrogens (tertiary/aromatic N) is 1. The molecule has 0 radical (unpaired) electrons. The van der Waals surface area contributed by atoms with Crippen molar-refractivity contribution in [1.29, 1.82) is 0 Å². The summed E-state index contributed by atoms with van der Waals surface area (Å²) in [4.78, 5) is 16.6. The number of amides is 1. The zero-order valence-corrected chi connectivity index (χ0v) is 14.9. The number of nitrogens with one attached hydrogen (secondary N) is 1. The number of hydrogen-bond acceptors (Lipinski definition) is 4. The molecule has 2 aromatic rings. The number of phenols is 1. The van der Waals surface area contributed by atoms with Crippen molar-refractivity contribution in [3.05, 3.63) is 36.0 Å². The molecule has 5 heteroatoms. The number of rotatable bonds is 5. The van der Waals surface area contributed by atoms with Crippen LogP contribution < -0.4 is 5.32 Å². The molecule has 134 valence electrons. The van der Waals surface area contributed by atoms with Gasteiger partial charge in [0, 0.05) is 31.2 Å². The van der Waals surface area contributed by atoms with E-state index in [2.05, 4.69) is 24.1 Å². The van der Waals surface area contributed by atoms with Crippen LogP contribution in [0.1, 0.15) is 38.7 Å². The van der Waals surface area contributed by atoms with Crippen molar-refractivity contribution in [2.45, 2.75) is 45.8 Å². The number of carbonyl (C=O) groups excluding carboxylic acids is 1. The second kappa shape index (κ2) is 7.83. The maximum atomic E-state index is 12.3. The molecule has 0 unspecified atom stereocenters. The minimum absolute atomic E-state index is 0.0690. The minimum Gasteiger partial charge on any atom is -0.506 e. The van der Waals surface area contributed by atoms with Gasteiger partial charge in [-0.15, -0.1) is 0 Å². The maximum Gasteiger partial charge on any atom is 0.220 e. The van der Waals surface area contributed by atoms with Gasteiger partial charge >= 0.3 is 0 Å². The molecule has 5 nitrogen and oxygen atoms in total. The summed E-state index contributed by atoms with van der Waals surface area (Å²) in [7, 11) is 0. The lowest BCUT2D eigenvalue weighted by Gasteiger charge is -2.31. The lowest BCUT2D eigenvalue weighted by atomic mass is 9.88. The van der Waals surface area contributed by atoms with E-state index in [4.69, 9.17) is 4.74 Å². The van der Waals surface area contributed by atoms with Crippen molar-refractivity contribution in [1.82, 2.24) is 10.3 Å². The molecule has 0 aliphatic carbocycles. The van der Waals surface area contributed by atoms with Gasteiger partial charge in [0.2, 0.25) is 5.91 Å². The van der Waals surface area contributed by atoms with Gasteiger partial charge < -0.3 is 15.2 Å². The zero-order valence-electron chi connectivity index (χ0n) is 14.9. The Bertz CT molecular complexity index is 745. The van der Waals surface area contributed by atoms with Crippen molar-refractivity contribution >= 4 is 16.8 Å². The molecule has 0 saturated carbocycles. The Morgan fingerprint density at radius 2 is 2.24 bits per heavy atom. The first-order valence-electron chi connectivity index (χ1n) is 8.98. The summed E-state index contributed by atoms with van der Waals surface area (Å²) in [5.41, 5.74) is 1.53. The lowest BCUT2D eigenvalue weighted by Crippen LogP contribution is -2.33. The van der Waals surface area contributed by atoms with Crippen LogP contribution in [0.2, 0.25) is 0 Å². The van der Waals surface area contributed by atoms with Crippen LogP contribution in [0, 0.1) is 11.8 Å². The van der Waals surface area contributed by atoms with E-state index in [1.165, 1.54) is 0 Å². The van der Waals surface area contributed by atoms with Crippen LogP contribution in [0.3, 0.4) is 0 Å². The van der Waals surface area contributed by atoms with Gasteiger partial charge in [0.05, 0.1) is 6.10 Å². The number of phenolic OH excluding ortho intramolecular Hbond substituents is 1. The number of carbonyl (C=O) groups is 1. The monoisotopic (exact) mass is 342 g/mol. The molecule has 1 amide bonds. The Morgan fingerprint density at radius 3 is 3.04 bits per heavy atom. The lowest BCUT2D eigenvalue weighted by molar-refractivity contribution is -0.123. The van der Waals surface area contributed by atoms with Crippen LogP contribution in [-0.4, -0.2) is 28.7 Å². The van der Waals surface area contributed by atoms with Crippen LogP contribution in [0.15, 0.2) is 30.5 Å². The normalized spacial score (nSPS) is 20.8. The number of fused-ring (bicyclic) bond motifs is 1. The van der Waals surface area contributed by atoms with Gasteiger partial charge in [-0.2, -0.15) is 0 Å². The van der Waals surface area contributed by atoms with E-state index in [1.807, 2.05) is 18.2 Å². The molecule has 0 spiro atoms. The van der Waals surface area contributed by atoms with Gasteiger partial charge in [-0.1, -0.05) is 26.0 Å². The third kappa shape index (κ3) is 4.28. The fraction of sp³-hybridized carbons (Fsp3) is 0.500. The first-order valence-corrected chi connectivity index (χ1v) is 8.98. The molecule has 1 aromatic heterocycles. The fourth-order valence-corrected chi connectivity index (χ4v) is 3.45. The summed E-state index contributed by atoms with van der Waals surface area (Å²) >= 11 is 0. The van der Waals surface area contributed by atoms with Crippen LogP contribution >= 0.6 is 0 Å². The average Bonchev–Trinajstić information content (AvgIpc) is 2.61. The molecule has 2 N–H and O–H groups in total. The molecule has 1 aliphatic rings. The number of aromatic nitrogens is 1. The third-order valence-electron chi connectivity index (χ3n) is 4.96. The van der Waals surface area contributed by atoms with E-state index in [0.717, 1.165) is 30.4 Å². The number of pyridine rings is 1. The number of aromatic hydroxyl groups is 1. The van der Waals surface area contributed by atoms with Gasteiger partial charge in [0.15, 0.2) is 0 Å². The van der Waals surface area contributed by atoms with Gasteiger partial charge in [-0.25, -0.2) is 0 Å². The minimum atomic E-state index is 0.0690. The van der Waals surface area contributed by atoms with E-state index in [9.17, 15) is 9.90 Å². The topological polar surface area (TPSA) is 71.5 Å². The molecule has 1 fully saturated rings. The zero-order chi connectivity index (χ0) is 17.8. The van der Waals surface area contributed by atoms with Crippen LogP contribution in [0.4, 0.5) is 0 Å². The maximum absolute atomic E-state index is 12.3. The molecule has 1 aliphatic heterocycles. The number of benzene rings is 1. The van der Waals surface area contributed by atoms with Gasteiger partial charge in [0.25, 0.3) is 0 Å². The van der Waals surface area contributed by atoms with Crippen LogP contribution in [-0.2, 0) is 16.1 Å². The first kappa shape index (κ1) is 17.7. The van der Waals surface area contributed by atoms with Crippen molar-refractivity contribution in [2.24, 2.45) is 11.8 Å². The van der Waals surface area contributed by atoms with Crippen molar-refractivity contribution in [3.63, 3.8) is 0 Å². The molecule has 2 atom stereocenters. The summed E-state index contributed by atoms with van der Waals surface area (Å²) in [5, 5.41) is 13.8. The highest BCUT2D eigenvalue weighted by molar-refractivity contribution is 5.87. The van der Waals surface area contributed by atoms with Crippen molar-refractivity contribution in [3.8, 4) is 5.75 Å². The highest BCUT2D eigenvalue weighted by atomic mass is 16.5. The van der Waals surface area contributed by atoms with E-state index in [-0.39, 0.29) is 17.8 Å². The van der Waals surface area contributed by atoms with E-state index >= 15 is 0 Å². The summed E-state index contributed by atoms with van der Waals surface area (Å²) in [6.45, 7) is 5.52. The van der Waals surface area contributed by atoms with E-state index in [1.54, 1.807) is 12.3 Å². The Hall–Kier alpha value is -2.14. The summed E-state index contributed by atoms with van der Waals surface area (Å²) < 4.78 is 5.78. The predicted octanol–water partition coefficient (Wildman–Crippen LogP) is 3.40. The largest absolute Gasteiger partial charge is 0.506 e. The second-order valence-corrected chi connectivity index (χ2v) is 7.17. The Labute approximate surface area is 148 Å². The fourth-order valence-electron chi connectivity index (χ4n) is 3.45. The summed E-state index contributed by atoms with van der Waals surface area (Å²) in [6, 6.07) is 7.21. The molecule has 25 heavy (non-hydrogen) atoms. The standard InChI is InChI=1S/C20H26N2O3/c1-13(2)18-10-14(7-9-25-18)11-19(24)22-12-15-5-6-17(23)20-16(15)4-3-8-21-20/h3-6,8,13-14,18,23H,7,9-12H2,1-2H3,(H,22,24)/t14-,18-/m1/s1. The smallest absolute Gasteiger partial charge is 0.220 e. The molecule has 3 rings (SSSR count). The van der Waals surface area contributed by atoms with Gasteiger partial charge in [-0.05, 0) is 42.4 Å². The SMILES string of the molecule is CC(C)[C@H]1C[C@H](CC(=O)NCc2ccc(O)c3ncccc23)CCO1. The van der Waals surface area contributed by atoms with Crippen LogP contribution in [0.5, 0.6) is 5.75 Å². The van der Waals surface area contributed by atoms with E-state index < -0.39 is 0 Å². The molecule has 1 aromatic carbocycles. The highest BCUT2D eigenvalue weighted by Crippen LogP contribution is 2.28. The molecular weight excluding hydrogens is 316 g/mol. The molecule has 0 bridgehead atoms. The average molecular weight is 342 g/mol. The quantitative estimate of drug-likeness (QED) is 0.873. The van der Waals surface area contributed by atoms with E-state index in [0.29, 0.717) is 30.3 Å². The third-order valence-corrected chi connectivity index (χ3v) is 4.96. The predicted molar refractivity (Wildman–Crippen MR) is 97.2 cm³/mol. The van der Waals surface area contributed by atoms with Gasteiger partial charge in [-0.3, -0.25) is 9.78 Å². The molecular formula is C20H26N2O3. The second-order valence-electron chi connectivity index (χ2n) is 7.17. The molecule has 2 heterocycles. The Balaban J connectivity index is 1.59. The van der Waals surface area contributed by atoms with Crippen molar-refractivity contribution in [2.75, 3.05) is 6.61 Å². The highest BCUT2D eigenvalue weighted by Gasteiger charge is 2.26. The first-order chi connectivity index (χ1) is 12.0. The Morgan fingerprint density at radius 1 is 1.40 bits per heavy atom. The van der Waals surface area contributed by atoms with Crippen LogP contribution in [0.25, 0.3) is 10.9 Å². The number of hydrogen-bond donors (Lipinski definition) is 2.